The number of hydrogen-bond donors (Lipinski definition) is 1. The van der Waals surface area contributed by atoms with Crippen LogP contribution in [0.3, 0.4) is 0 Å². The molecule has 0 unspecified atom stereocenters. The van der Waals surface area contributed by atoms with Gasteiger partial charge in [0.1, 0.15) is 0 Å². The van der Waals surface area contributed by atoms with Crippen molar-refractivity contribution in [3.63, 3.8) is 0 Å². The number of aromatic nitrogens is 1. The van der Waals surface area contributed by atoms with Crippen LogP contribution in [0.2, 0.25) is 0 Å². The first-order chi connectivity index (χ1) is 7.63. The number of rotatable bonds is 2. The largest absolute Gasteiger partial charge is 0.395 e. The Morgan fingerprint density at radius 2 is 2.00 bits per heavy atom. The van der Waals surface area contributed by atoms with E-state index in [1.54, 1.807) is 10.8 Å². The first-order valence-electron chi connectivity index (χ1n) is 5.35. The maximum atomic E-state index is 12.1. The monoisotopic (exact) mass is 217 g/mol. The lowest BCUT2D eigenvalue weighted by Crippen LogP contribution is -2.21. The number of nitrogens with zero attached hydrogens (tertiary/aromatic N) is 1. The standard InChI is InChI=1S/C13H15NO2/c1-9-7-10(2)11-3-4-14(5-6-15)13(16)12(11)8-9/h3-4,7-8,15H,5-6H2,1-2H3. The predicted molar refractivity (Wildman–Crippen MR) is 64.8 cm³/mol. The minimum Gasteiger partial charge on any atom is -0.395 e. The second kappa shape index (κ2) is 4.10. The third-order valence-electron chi connectivity index (χ3n) is 2.78. The Hall–Kier alpha value is -1.61. The zero-order chi connectivity index (χ0) is 11.7. The SMILES string of the molecule is Cc1cc(C)c2ccn(CCO)c(=O)c2c1. The molecule has 1 heterocycles. The minimum atomic E-state index is -0.0293. The van der Waals surface area contributed by atoms with Crippen LogP contribution >= 0.6 is 0 Å². The molecule has 0 amide bonds. The molecule has 0 atom stereocenters. The van der Waals surface area contributed by atoms with Crippen molar-refractivity contribution in [2.75, 3.05) is 6.61 Å². The van der Waals surface area contributed by atoms with Gasteiger partial charge >= 0.3 is 0 Å². The molecule has 16 heavy (non-hydrogen) atoms. The molecule has 0 saturated carbocycles. The summed E-state index contributed by atoms with van der Waals surface area (Å²) < 4.78 is 1.54. The molecule has 3 nitrogen and oxygen atoms in total. The zero-order valence-electron chi connectivity index (χ0n) is 9.53. The Kier molecular flexibility index (Phi) is 2.79. The van der Waals surface area contributed by atoms with Gasteiger partial charge in [-0.15, -0.1) is 0 Å². The lowest BCUT2D eigenvalue weighted by Gasteiger charge is -2.08. The number of aliphatic hydroxyl groups is 1. The quantitative estimate of drug-likeness (QED) is 0.830. The third kappa shape index (κ3) is 1.74. The molecular formula is C13H15NO2. The highest BCUT2D eigenvalue weighted by Crippen LogP contribution is 2.16. The predicted octanol–water partition coefficient (Wildman–Crippen LogP) is 1.61. The average molecular weight is 217 g/mol. The molecule has 1 N–H and O–H groups in total. The smallest absolute Gasteiger partial charge is 0.258 e. The zero-order valence-corrected chi connectivity index (χ0v) is 9.53. The van der Waals surface area contributed by atoms with Gasteiger partial charge in [0, 0.05) is 18.1 Å². The van der Waals surface area contributed by atoms with Crippen molar-refractivity contribution in [2.45, 2.75) is 20.4 Å². The van der Waals surface area contributed by atoms with Crippen LogP contribution in [-0.4, -0.2) is 16.3 Å². The number of aliphatic hydroxyl groups excluding tert-OH is 1. The van der Waals surface area contributed by atoms with Crippen LogP contribution in [0.4, 0.5) is 0 Å². The second-order valence-electron chi connectivity index (χ2n) is 4.08. The molecule has 0 aliphatic heterocycles. The molecule has 2 aromatic rings. The van der Waals surface area contributed by atoms with Crippen molar-refractivity contribution in [3.8, 4) is 0 Å². The summed E-state index contributed by atoms with van der Waals surface area (Å²) in [4.78, 5) is 12.1. The van der Waals surface area contributed by atoms with E-state index in [9.17, 15) is 4.79 Å². The molecule has 0 saturated heterocycles. The number of hydrogen-bond acceptors (Lipinski definition) is 2. The average Bonchev–Trinajstić information content (AvgIpc) is 2.23. The van der Waals surface area contributed by atoms with Gasteiger partial charge in [0.2, 0.25) is 0 Å². The molecule has 0 fully saturated rings. The van der Waals surface area contributed by atoms with Gasteiger partial charge in [-0.05, 0) is 36.9 Å². The summed E-state index contributed by atoms with van der Waals surface area (Å²) >= 11 is 0. The van der Waals surface area contributed by atoms with Crippen molar-refractivity contribution >= 4 is 10.8 Å². The van der Waals surface area contributed by atoms with E-state index in [4.69, 9.17) is 5.11 Å². The molecular weight excluding hydrogens is 202 g/mol. The molecule has 1 aromatic heterocycles. The van der Waals surface area contributed by atoms with E-state index in [1.165, 1.54) is 0 Å². The summed E-state index contributed by atoms with van der Waals surface area (Å²) in [7, 11) is 0. The normalized spacial score (nSPS) is 10.9. The lowest BCUT2D eigenvalue weighted by atomic mass is 10.0. The molecule has 1 aromatic carbocycles. The first kappa shape index (κ1) is 10.9. The van der Waals surface area contributed by atoms with Crippen molar-refractivity contribution in [1.82, 2.24) is 4.57 Å². The van der Waals surface area contributed by atoms with Gasteiger partial charge in [-0.25, -0.2) is 0 Å². The van der Waals surface area contributed by atoms with Crippen molar-refractivity contribution in [3.05, 3.63) is 45.9 Å². The fraction of sp³-hybridized carbons (Fsp3) is 0.308. The fourth-order valence-corrected chi connectivity index (χ4v) is 2.05. The maximum Gasteiger partial charge on any atom is 0.258 e. The summed E-state index contributed by atoms with van der Waals surface area (Å²) in [5.74, 6) is 0. The molecule has 0 aliphatic rings. The van der Waals surface area contributed by atoms with E-state index in [2.05, 4.69) is 6.07 Å². The molecule has 3 heteroatoms. The van der Waals surface area contributed by atoms with Crippen LogP contribution in [0, 0.1) is 13.8 Å². The summed E-state index contributed by atoms with van der Waals surface area (Å²) in [5, 5.41) is 10.6. The third-order valence-corrected chi connectivity index (χ3v) is 2.78. The van der Waals surface area contributed by atoms with Gasteiger partial charge in [-0.2, -0.15) is 0 Å². The highest BCUT2D eigenvalue weighted by Gasteiger charge is 2.05. The van der Waals surface area contributed by atoms with Crippen molar-refractivity contribution in [2.24, 2.45) is 0 Å². The van der Waals surface area contributed by atoms with Crippen molar-refractivity contribution < 1.29 is 5.11 Å². The fourth-order valence-electron chi connectivity index (χ4n) is 2.05. The summed E-state index contributed by atoms with van der Waals surface area (Å²) in [6, 6.07) is 5.90. The van der Waals surface area contributed by atoms with E-state index in [0.29, 0.717) is 6.54 Å². The van der Waals surface area contributed by atoms with Crippen LogP contribution in [0.5, 0.6) is 0 Å². The lowest BCUT2D eigenvalue weighted by molar-refractivity contribution is 0.274. The topological polar surface area (TPSA) is 42.2 Å². The number of aryl methyl sites for hydroxylation is 2. The van der Waals surface area contributed by atoms with Gasteiger partial charge in [0.15, 0.2) is 0 Å². The number of benzene rings is 1. The molecule has 84 valence electrons. The minimum absolute atomic E-state index is 0.0176. The van der Waals surface area contributed by atoms with E-state index in [-0.39, 0.29) is 12.2 Å². The van der Waals surface area contributed by atoms with Crippen LogP contribution in [0.15, 0.2) is 29.2 Å². The second-order valence-corrected chi connectivity index (χ2v) is 4.08. The van der Waals surface area contributed by atoms with Crippen LogP contribution in [0.25, 0.3) is 10.8 Å². The summed E-state index contributed by atoms with van der Waals surface area (Å²) in [5.41, 5.74) is 2.17. The molecule has 2 rings (SSSR count). The van der Waals surface area contributed by atoms with E-state index in [1.807, 2.05) is 26.0 Å². The van der Waals surface area contributed by atoms with E-state index in [0.717, 1.165) is 21.9 Å². The van der Waals surface area contributed by atoms with E-state index < -0.39 is 0 Å². The van der Waals surface area contributed by atoms with Gasteiger partial charge in [0.25, 0.3) is 5.56 Å². The number of fused-ring (bicyclic) bond motifs is 1. The van der Waals surface area contributed by atoms with Crippen LogP contribution < -0.4 is 5.56 Å². The molecule has 0 spiro atoms. The molecule has 0 bridgehead atoms. The van der Waals surface area contributed by atoms with Gasteiger partial charge < -0.3 is 9.67 Å². The Labute approximate surface area is 94.0 Å². The highest BCUT2D eigenvalue weighted by atomic mass is 16.3. The Bertz CT molecular complexity index is 584. The first-order valence-corrected chi connectivity index (χ1v) is 5.35. The Morgan fingerprint density at radius 3 is 2.69 bits per heavy atom. The maximum absolute atomic E-state index is 12.1. The number of pyridine rings is 1. The molecule has 0 radical (unpaired) electrons. The van der Waals surface area contributed by atoms with Gasteiger partial charge in [-0.1, -0.05) is 11.6 Å². The van der Waals surface area contributed by atoms with Crippen LogP contribution in [-0.2, 0) is 6.54 Å². The van der Waals surface area contributed by atoms with Crippen molar-refractivity contribution in [1.29, 1.82) is 0 Å². The van der Waals surface area contributed by atoms with Crippen LogP contribution in [0.1, 0.15) is 11.1 Å². The van der Waals surface area contributed by atoms with Gasteiger partial charge in [-0.3, -0.25) is 4.79 Å². The highest BCUT2D eigenvalue weighted by molar-refractivity contribution is 5.85. The van der Waals surface area contributed by atoms with Gasteiger partial charge in [0.05, 0.1) is 6.61 Å². The molecule has 0 aliphatic carbocycles. The Balaban J connectivity index is 2.78. The summed E-state index contributed by atoms with van der Waals surface area (Å²) in [6.45, 7) is 4.32. The Morgan fingerprint density at radius 1 is 1.25 bits per heavy atom. The van der Waals surface area contributed by atoms with E-state index >= 15 is 0 Å². The summed E-state index contributed by atoms with van der Waals surface area (Å²) in [6.07, 6.45) is 1.74.